The Morgan fingerprint density at radius 1 is 1.18 bits per heavy atom. The molecule has 0 aliphatic heterocycles. The fourth-order valence-electron chi connectivity index (χ4n) is 1.95. The van der Waals surface area contributed by atoms with Crippen LogP contribution in [0.3, 0.4) is 0 Å². The number of nitrogens with zero attached hydrogens (tertiary/aromatic N) is 1. The fourth-order valence-corrected chi connectivity index (χ4v) is 3.06. The van der Waals surface area contributed by atoms with Crippen molar-refractivity contribution in [3.05, 3.63) is 65.5 Å². The van der Waals surface area contributed by atoms with E-state index in [1.807, 2.05) is 12.1 Å². The highest BCUT2D eigenvalue weighted by molar-refractivity contribution is 7.89. The summed E-state index contributed by atoms with van der Waals surface area (Å²) < 4.78 is 26.2. The molecule has 2 aromatic rings. The molecule has 1 aromatic carbocycles. The highest BCUT2D eigenvalue weighted by Crippen LogP contribution is 2.15. The van der Waals surface area contributed by atoms with Crippen LogP contribution in [0.5, 0.6) is 0 Å². The fraction of sp³-hybridized carbons (Fsp3) is 0.250. The number of hydrogen-bond donors (Lipinski definition) is 1. The van der Waals surface area contributed by atoms with Gasteiger partial charge in [-0.25, -0.2) is 13.1 Å². The smallest absolute Gasteiger partial charge is 0.266 e. The summed E-state index contributed by atoms with van der Waals surface area (Å²) in [4.78, 5) is 15.7. The Labute approximate surface area is 130 Å². The minimum atomic E-state index is -3.74. The minimum absolute atomic E-state index is 0.209. The maximum atomic E-state index is 12.1. The number of benzene rings is 1. The third kappa shape index (κ3) is 4.39. The van der Waals surface area contributed by atoms with Gasteiger partial charge < -0.3 is 0 Å². The van der Waals surface area contributed by atoms with E-state index in [2.05, 4.69) is 23.6 Å². The van der Waals surface area contributed by atoms with E-state index < -0.39 is 15.9 Å². The number of amides is 1. The Kier molecular flexibility index (Phi) is 4.92. The van der Waals surface area contributed by atoms with Gasteiger partial charge in [0, 0.05) is 12.4 Å². The first-order valence-corrected chi connectivity index (χ1v) is 8.56. The van der Waals surface area contributed by atoms with Gasteiger partial charge >= 0.3 is 0 Å². The summed E-state index contributed by atoms with van der Waals surface area (Å²) in [5.41, 5.74) is 1.98. The lowest BCUT2D eigenvalue weighted by Gasteiger charge is -2.09. The highest BCUT2D eigenvalue weighted by Gasteiger charge is 2.17. The summed E-state index contributed by atoms with van der Waals surface area (Å²) in [6.45, 7) is 4.14. The molecule has 5 nitrogen and oxygen atoms in total. The molecule has 6 heteroatoms. The average Bonchev–Trinajstić information content (AvgIpc) is 2.47. The molecule has 0 radical (unpaired) electrons. The monoisotopic (exact) mass is 318 g/mol. The van der Waals surface area contributed by atoms with Gasteiger partial charge in [0.25, 0.3) is 5.91 Å². The maximum absolute atomic E-state index is 12.1. The van der Waals surface area contributed by atoms with Crippen LogP contribution < -0.4 is 4.72 Å². The topological polar surface area (TPSA) is 76.1 Å². The number of aromatic nitrogens is 1. The lowest BCUT2D eigenvalue weighted by atomic mass is 10.0. The van der Waals surface area contributed by atoms with Gasteiger partial charge in [-0.05, 0) is 29.2 Å². The quantitative estimate of drug-likeness (QED) is 0.919. The van der Waals surface area contributed by atoms with E-state index in [9.17, 15) is 13.2 Å². The van der Waals surface area contributed by atoms with Crippen molar-refractivity contribution in [1.82, 2.24) is 9.71 Å². The van der Waals surface area contributed by atoms with Crippen molar-refractivity contribution in [3.63, 3.8) is 0 Å². The molecule has 0 saturated carbocycles. The highest BCUT2D eigenvalue weighted by atomic mass is 32.2. The first-order valence-electron chi connectivity index (χ1n) is 6.91. The van der Waals surface area contributed by atoms with Crippen LogP contribution in [0.4, 0.5) is 0 Å². The molecule has 1 heterocycles. The van der Waals surface area contributed by atoms with Gasteiger partial charge in [0.2, 0.25) is 10.0 Å². The van der Waals surface area contributed by atoms with Crippen LogP contribution in [-0.4, -0.2) is 19.3 Å². The molecule has 2 rings (SSSR count). The van der Waals surface area contributed by atoms with Crippen LogP contribution in [0.25, 0.3) is 0 Å². The van der Waals surface area contributed by atoms with Gasteiger partial charge in [0.1, 0.15) is 0 Å². The Balaban J connectivity index is 2.06. The summed E-state index contributed by atoms with van der Waals surface area (Å²) in [6.07, 6.45) is 2.84. The molecule has 0 spiro atoms. The maximum Gasteiger partial charge on any atom is 0.266 e. The van der Waals surface area contributed by atoms with E-state index in [1.54, 1.807) is 18.2 Å². The number of carbonyl (C=O) groups excluding carboxylic acids is 1. The first-order chi connectivity index (χ1) is 10.4. The number of hydrogen-bond acceptors (Lipinski definition) is 4. The van der Waals surface area contributed by atoms with Gasteiger partial charge in [-0.1, -0.05) is 38.1 Å². The molecule has 0 saturated heterocycles. The van der Waals surface area contributed by atoms with Crippen molar-refractivity contribution in [1.29, 1.82) is 0 Å². The Morgan fingerprint density at radius 2 is 1.86 bits per heavy atom. The van der Waals surface area contributed by atoms with Crippen LogP contribution in [0, 0.1) is 0 Å². The summed E-state index contributed by atoms with van der Waals surface area (Å²) >= 11 is 0. The average molecular weight is 318 g/mol. The lowest BCUT2D eigenvalue weighted by Crippen LogP contribution is -2.31. The molecular weight excluding hydrogens is 300 g/mol. The van der Waals surface area contributed by atoms with E-state index in [0.717, 1.165) is 5.56 Å². The molecule has 22 heavy (non-hydrogen) atoms. The third-order valence-electron chi connectivity index (χ3n) is 3.17. The SMILES string of the molecule is CC(C)c1ccc(CS(=O)(=O)NC(=O)c2cccnc2)cc1. The predicted octanol–water partition coefficient (Wildman–Crippen LogP) is 2.46. The summed E-state index contributed by atoms with van der Waals surface area (Å²) in [5, 5.41) is 0. The van der Waals surface area contributed by atoms with Crippen LogP contribution in [0.15, 0.2) is 48.8 Å². The van der Waals surface area contributed by atoms with Crippen molar-refractivity contribution in [3.8, 4) is 0 Å². The third-order valence-corrected chi connectivity index (χ3v) is 4.38. The van der Waals surface area contributed by atoms with E-state index in [0.29, 0.717) is 11.5 Å². The van der Waals surface area contributed by atoms with Crippen molar-refractivity contribution < 1.29 is 13.2 Å². The van der Waals surface area contributed by atoms with Gasteiger partial charge in [-0.2, -0.15) is 0 Å². The van der Waals surface area contributed by atoms with Crippen molar-refractivity contribution >= 4 is 15.9 Å². The number of pyridine rings is 1. The van der Waals surface area contributed by atoms with Crippen LogP contribution >= 0.6 is 0 Å². The van der Waals surface area contributed by atoms with Gasteiger partial charge in [0.15, 0.2) is 0 Å². The van der Waals surface area contributed by atoms with E-state index in [1.165, 1.54) is 18.5 Å². The van der Waals surface area contributed by atoms with Crippen molar-refractivity contribution in [2.75, 3.05) is 0 Å². The number of rotatable bonds is 5. The van der Waals surface area contributed by atoms with Crippen molar-refractivity contribution in [2.45, 2.75) is 25.5 Å². The van der Waals surface area contributed by atoms with Crippen molar-refractivity contribution in [2.24, 2.45) is 0 Å². The Morgan fingerprint density at radius 3 is 2.41 bits per heavy atom. The molecule has 1 aromatic heterocycles. The summed E-state index contributed by atoms with van der Waals surface area (Å²) in [5.74, 6) is -0.528. The van der Waals surface area contributed by atoms with E-state index >= 15 is 0 Å². The lowest BCUT2D eigenvalue weighted by molar-refractivity contribution is 0.0981. The van der Waals surface area contributed by atoms with E-state index in [4.69, 9.17) is 0 Å². The normalized spacial score (nSPS) is 11.4. The molecule has 0 fully saturated rings. The largest absolute Gasteiger partial charge is 0.268 e. The molecule has 1 amide bonds. The van der Waals surface area contributed by atoms with Gasteiger partial charge in [0.05, 0.1) is 11.3 Å². The summed E-state index contributed by atoms with van der Waals surface area (Å²) in [7, 11) is -3.74. The molecule has 116 valence electrons. The van der Waals surface area contributed by atoms with Crippen LogP contribution in [0.2, 0.25) is 0 Å². The van der Waals surface area contributed by atoms with Crippen LogP contribution in [-0.2, 0) is 15.8 Å². The molecule has 0 aliphatic rings. The van der Waals surface area contributed by atoms with Gasteiger partial charge in [-0.15, -0.1) is 0 Å². The standard InChI is InChI=1S/C16H18N2O3S/c1-12(2)14-7-5-13(6-8-14)11-22(20,21)18-16(19)15-4-3-9-17-10-15/h3-10,12H,11H2,1-2H3,(H,18,19). The summed E-state index contributed by atoms with van der Waals surface area (Å²) in [6, 6.07) is 10.4. The molecule has 1 N–H and O–H groups in total. The van der Waals surface area contributed by atoms with Crippen LogP contribution in [0.1, 0.15) is 41.3 Å². The zero-order valence-electron chi connectivity index (χ0n) is 12.5. The Bertz CT molecular complexity index is 739. The molecule has 0 bridgehead atoms. The Hall–Kier alpha value is -2.21. The zero-order chi connectivity index (χ0) is 16.2. The number of nitrogens with one attached hydrogen (secondary N) is 1. The second-order valence-electron chi connectivity index (χ2n) is 5.33. The molecule has 0 atom stereocenters. The first kappa shape index (κ1) is 16.2. The minimum Gasteiger partial charge on any atom is -0.268 e. The number of sulfonamides is 1. The predicted molar refractivity (Wildman–Crippen MR) is 84.9 cm³/mol. The molecule has 0 aliphatic carbocycles. The second-order valence-corrected chi connectivity index (χ2v) is 7.05. The van der Waals surface area contributed by atoms with Gasteiger partial charge in [-0.3, -0.25) is 9.78 Å². The molecular formula is C16H18N2O3S. The second kappa shape index (κ2) is 6.70. The zero-order valence-corrected chi connectivity index (χ0v) is 13.3. The van der Waals surface area contributed by atoms with E-state index in [-0.39, 0.29) is 11.3 Å². The molecule has 0 unspecified atom stereocenters. The number of carbonyl (C=O) groups is 1.